The van der Waals surface area contributed by atoms with Crippen LogP contribution < -0.4 is 10.1 Å². The first-order chi connectivity index (χ1) is 16.2. The quantitative estimate of drug-likeness (QED) is 0.364. The van der Waals surface area contributed by atoms with Crippen molar-refractivity contribution in [2.45, 2.75) is 6.92 Å². The molecule has 2 aromatic carbocycles. The lowest BCUT2D eigenvalue weighted by atomic mass is 10.1. The molecule has 1 aliphatic rings. The number of hydrogen-bond donors (Lipinski definition) is 1. The summed E-state index contributed by atoms with van der Waals surface area (Å²) in [6, 6.07) is 21.3. The van der Waals surface area contributed by atoms with Gasteiger partial charge in [-0.15, -0.1) is 12.4 Å². The first-order valence-electron chi connectivity index (χ1n) is 10.9. The minimum atomic E-state index is -0.00296. The molecule has 0 aliphatic carbocycles. The average molecular weight is 493 g/mol. The topological polar surface area (TPSA) is 67.3 Å². The molecule has 1 amide bonds. The van der Waals surface area contributed by atoms with Crippen LogP contribution in [0.2, 0.25) is 0 Å². The Hall–Kier alpha value is -3.29. The van der Waals surface area contributed by atoms with Crippen molar-refractivity contribution in [1.29, 1.82) is 0 Å². The van der Waals surface area contributed by atoms with Crippen LogP contribution >= 0.6 is 24.2 Å². The van der Waals surface area contributed by atoms with Crippen molar-refractivity contribution in [2.75, 3.05) is 29.9 Å². The Kier molecular flexibility index (Phi) is 7.55. The predicted molar refractivity (Wildman–Crippen MR) is 141 cm³/mol. The predicted octanol–water partition coefficient (Wildman–Crippen LogP) is 6.08. The Balaban J connectivity index is 0.00000274. The Morgan fingerprint density at radius 1 is 0.971 bits per heavy atom. The second-order valence-corrected chi connectivity index (χ2v) is 9.06. The monoisotopic (exact) mass is 492 g/mol. The minimum Gasteiger partial charge on any atom is -0.457 e. The maximum Gasteiger partial charge on any atom is 0.257 e. The maximum absolute atomic E-state index is 13.4. The number of anilines is 2. The highest BCUT2D eigenvalue weighted by molar-refractivity contribution is 7.99. The number of fused-ring (bicyclic) bond motifs is 1. The van der Waals surface area contributed by atoms with Gasteiger partial charge in [-0.25, -0.2) is 9.97 Å². The van der Waals surface area contributed by atoms with Crippen LogP contribution in [0.3, 0.4) is 0 Å². The number of thioether (sulfide) groups is 1. The third kappa shape index (κ3) is 5.26. The molecule has 1 N–H and O–H groups in total. The molecular formula is C26H25ClN4O2S. The highest BCUT2D eigenvalue weighted by Crippen LogP contribution is 2.31. The van der Waals surface area contributed by atoms with Crippen molar-refractivity contribution in [3.63, 3.8) is 0 Å². The van der Waals surface area contributed by atoms with Crippen LogP contribution in [0.1, 0.15) is 16.1 Å². The Bertz CT molecular complexity index is 1280. The van der Waals surface area contributed by atoms with Gasteiger partial charge in [-0.2, -0.15) is 11.8 Å². The van der Waals surface area contributed by atoms with Gasteiger partial charge in [0.25, 0.3) is 5.91 Å². The fourth-order valence-corrected chi connectivity index (χ4v) is 4.68. The first-order valence-corrected chi connectivity index (χ1v) is 12.1. The summed E-state index contributed by atoms with van der Waals surface area (Å²) >= 11 is 1.88. The summed E-state index contributed by atoms with van der Waals surface area (Å²) in [6.45, 7) is 3.43. The van der Waals surface area contributed by atoms with E-state index < -0.39 is 0 Å². The number of nitrogens with one attached hydrogen (secondary N) is 1. The van der Waals surface area contributed by atoms with Gasteiger partial charge < -0.3 is 15.0 Å². The molecule has 3 heterocycles. The van der Waals surface area contributed by atoms with Crippen molar-refractivity contribution >= 4 is 52.5 Å². The van der Waals surface area contributed by atoms with Crippen molar-refractivity contribution in [1.82, 2.24) is 14.9 Å². The summed E-state index contributed by atoms with van der Waals surface area (Å²) < 4.78 is 5.90. The molecule has 34 heavy (non-hydrogen) atoms. The van der Waals surface area contributed by atoms with Gasteiger partial charge in [0.1, 0.15) is 11.5 Å². The van der Waals surface area contributed by atoms with Crippen LogP contribution in [-0.2, 0) is 0 Å². The van der Waals surface area contributed by atoms with E-state index >= 15 is 0 Å². The summed E-state index contributed by atoms with van der Waals surface area (Å²) in [5.74, 6) is 3.44. The number of carbonyl (C=O) groups excluding carboxylic acids is 1. The molecule has 8 heteroatoms. The smallest absolute Gasteiger partial charge is 0.257 e. The van der Waals surface area contributed by atoms with Gasteiger partial charge in [0.2, 0.25) is 0 Å². The van der Waals surface area contributed by atoms with E-state index in [4.69, 9.17) is 4.74 Å². The van der Waals surface area contributed by atoms with E-state index in [2.05, 4.69) is 15.3 Å². The molecule has 4 aromatic rings. The third-order valence-corrected chi connectivity index (χ3v) is 6.44. The minimum absolute atomic E-state index is 0. The molecule has 0 radical (unpaired) electrons. The SMILES string of the molecule is Cc1ccc2c(Nc3ccc(Oc4ccccc4)cc3)c(C(=O)N3CCSCC3)cnc2n1.Cl. The van der Waals surface area contributed by atoms with Gasteiger partial charge in [0, 0.05) is 47.6 Å². The zero-order valence-electron chi connectivity index (χ0n) is 18.7. The molecule has 6 nitrogen and oxygen atoms in total. The highest BCUT2D eigenvalue weighted by Gasteiger charge is 2.23. The van der Waals surface area contributed by atoms with E-state index in [0.717, 1.165) is 58.5 Å². The second kappa shape index (κ2) is 10.8. The number of amides is 1. The number of aryl methyl sites for hydroxylation is 1. The molecule has 1 fully saturated rings. The van der Waals surface area contributed by atoms with Crippen LogP contribution in [0.4, 0.5) is 11.4 Å². The van der Waals surface area contributed by atoms with Crippen molar-refractivity contribution in [3.05, 3.63) is 84.2 Å². The normalized spacial score (nSPS) is 13.3. The maximum atomic E-state index is 13.4. The van der Waals surface area contributed by atoms with Crippen LogP contribution in [0.25, 0.3) is 11.0 Å². The summed E-state index contributed by atoms with van der Waals surface area (Å²) in [6.07, 6.45) is 1.65. The number of aromatic nitrogens is 2. The molecule has 0 spiro atoms. The second-order valence-electron chi connectivity index (χ2n) is 7.84. The molecule has 2 aromatic heterocycles. The number of hydrogen-bond acceptors (Lipinski definition) is 6. The van der Waals surface area contributed by atoms with Gasteiger partial charge in [-0.3, -0.25) is 4.79 Å². The number of pyridine rings is 2. The van der Waals surface area contributed by atoms with E-state index in [1.54, 1.807) is 6.20 Å². The van der Waals surface area contributed by atoms with Gasteiger partial charge >= 0.3 is 0 Å². The van der Waals surface area contributed by atoms with Crippen LogP contribution in [0.5, 0.6) is 11.5 Å². The molecule has 0 saturated carbocycles. The van der Waals surface area contributed by atoms with Crippen molar-refractivity contribution in [3.8, 4) is 11.5 Å². The molecule has 0 atom stereocenters. The third-order valence-electron chi connectivity index (χ3n) is 5.50. The molecule has 0 unspecified atom stereocenters. The Morgan fingerprint density at radius 2 is 1.68 bits per heavy atom. The highest BCUT2D eigenvalue weighted by atomic mass is 35.5. The van der Waals surface area contributed by atoms with Crippen molar-refractivity contribution in [2.24, 2.45) is 0 Å². The zero-order chi connectivity index (χ0) is 22.6. The van der Waals surface area contributed by atoms with Crippen LogP contribution in [0, 0.1) is 6.92 Å². The molecule has 174 valence electrons. The van der Waals surface area contributed by atoms with Gasteiger partial charge in [0.15, 0.2) is 5.65 Å². The number of halogens is 1. The number of nitrogens with zero attached hydrogens (tertiary/aromatic N) is 3. The lowest BCUT2D eigenvalue weighted by Gasteiger charge is -2.27. The summed E-state index contributed by atoms with van der Waals surface area (Å²) in [5.41, 5.74) is 3.65. The molecule has 0 bridgehead atoms. The molecule has 1 saturated heterocycles. The Morgan fingerprint density at radius 3 is 2.41 bits per heavy atom. The average Bonchev–Trinajstić information content (AvgIpc) is 2.86. The van der Waals surface area contributed by atoms with Gasteiger partial charge in [-0.05, 0) is 55.5 Å². The number of ether oxygens (including phenoxy) is 1. The number of para-hydroxylation sites is 1. The van der Waals surface area contributed by atoms with Gasteiger partial charge in [0.05, 0.1) is 11.3 Å². The summed E-state index contributed by atoms with van der Waals surface area (Å²) in [5, 5.41) is 4.28. The van der Waals surface area contributed by atoms with E-state index in [1.807, 2.05) is 90.3 Å². The summed E-state index contributed by atoms with van der Waals surface area (Å²) in [7, 11) is 0. The Labute approximate surface area is 209 Å². The lowest BCUT2D eigenvalue weighted by Crippen LogP contribution is -2.38. The van der Waals surface area contributed by atoms with E-state index in [9.17, 15) is 4.79 Å². The number of rotatable bonds is 5. The fourth-order valence-electron chi connectivity index (χ4n) is 3.78. The standard InChI is InChI=1S/C26H24N4O2S.ClH/c1-18-7-12-22-24(23(17-27-25(22)28-18)26(31)30-13-15-33-16-14-30)29-19-8-10-21(11-9-19)32-20-5-3-2-4-6-20;/h2-12,17H,13-16H2,1H3,(H,27,28,29);1H. The molecule has 1 aliphatic heterocycles. The first kappa shape index (κ1) is 23.9. The number of carbonyl (C=O) groups is 1. The lowest BCUT2D eigenvalue weighted by molar-refractivity contribution is 0.0773. The van der Waals surface area contributed by atoms with E-state index in [1.165, 1.54) is 0 Å². The molecule has 5 rings (SSSR count). The van der Waals surface area contributed by atoms with Crippen molar-refractivity contribution < 1.29 is 9.53 Å². The zero-order valence-corrected chi connectivity index (χ0v) is 20.4. The van der Waals surface area contributed by atoms with Crippen LogP contribution in [-0.4, -0.2) is 45.4 Å². The van der Waals surface area contributed by atoms with Crippen LogP contribution in [0.15, 0.2) is 72.9 Å². The fraction of sp³-hybridized carbons (Fsp3) is 0.192. The van der Waals surface area contributed by atoms with E-state index in [-0.39, 0.29) is 18.3 Å². The number of benzene rings is 2. The summed E-state index contributed by atoms with van der Waals surface area (Å²) in [4.78, 5) is 24.3. The molecular weight excluding hydrogens is 468 g/mol. The van der Waals surface area contributed by atoms with Gasteiger partial charge in [-0.1, -0.05) is 18.2 Å². The largest absolute Gasteiger partial charge is 0.457 e. The van der Waals surface area contributed by atoms with E-state index in [0.29, 0.717) is 11.2 Å².